The van der Waals surface area contributed by atoms with Crippen LogP contribution in [0.15, 0.2) is 48.5 Å². The Hall–Kier alpha value is -2.49. The quantitative estimate of drug-likeness (QED) is 0.925. The van der Waals surface area contributed by atoms with Crippen LogP contribution in [0.1, 0.15) is 35.6 Å². The first-order chi connectivity index (χ1) is 12.2. The van der Waals surface area contributed by atoms with E-state index in [1.54, 1.807) is 7.11 Å². The first-order valence-electron chi connectivity index (χ1n) is 9.02. The predicted octanol–water partition coefficient (Wildman–Crippen LogP) is 3.71. The van der Waals surface area contributed by atoms with Gasteiger partial charge in [0, 0.05) is 12.6 Å². The third-order valence-electron chi connectivity index (χ3n) is 5.15. The van der Waals surface area contributed by atoms with Crippen molar-refractivity contribution in [2.75, 3.05) is 13.7 Å². The minimum atomic E-state index is 0.0656. The molecule has 1 unspecified atom stereocenters. The molecular weight excluding hydrogens is 312 g/mol. The minimum absolute atomic E-state index is 0.0656. The van der Waals surface area contributed by atoms with Gasteiger partial charge >= 0.3 is 6.03 Å². The highest BCUT2D eigenvalue weighted by Gasteiger charge is 2.33. The molecule has 0 saturated heterocycles. The van der Waals surface area contributed by atoms with Gasteiger partial charge in [0.25, 0.3) is 0 Å². The number of benzene rings is 2. The lowest BCUT2D eigenvalue weighted by Gasteiger charge is -2.37. The van der Waals surface area contributed by atoms with E-state index >= 15 is 0 Å². The minimum Gasteiger partial charge on any atom is -0.497 e. The van der Waals surface area contributed by atoms with E-state index in [0.717, 1.165) is 38.0 Å². The van der Waals surface area contributed by atoms with Crippen LogP contribution in [0.25, 0.3) is 0 Å². The Labute approximate surface area is 148 Å². The summed E-state index contributed by atoms with van der Waals surface area (Å²) in [4.78, 5) is 14.8. The van der Waals surface area contributed by atoms with Crippen LogP contribution in [0.5, 0.6) is 5.75 Å². The number of amides is 2. The van der Waals surface area contributed by atoms with Crippen LogP contribution in [0.3, 0.4) is 0 Å². The Morgan fingerprint density at radius 3 is 2.72 bits per heavy atom. The summed E-state index contributed by atoms with van der Waals surface area (Å²) in [6.07, 6.45) is 3.92. The predicted molar refractivity (Wildman–Crippen MR) is 97.8 cm³/mol. The molecule has 0 bridgehead atoms. The Morgan fingerprint density at radius 1 is 1.20 bits per heavy atom. The normalized spacial score (nSPS) is 19.2. The smallest absolute Gasteiger partial charge is 0.318 e. The zero-order valence-corrected chi connectivity index (χ0v) is 14.6. The summed E-state index contributed by atoms with van der Waals surface area (Å²) in [5.74, 6) is 0.882. The van der Waals surface area contributed by atoms with E-state index in [-0.39, 0.29) is 12.1 Å². The number of ether oxygens (including phenoxy) is 1. The van der Waals surface area contributed by atoms with Gasteiger partial charge in [-0.3, -0.25) is 0 Å². The lowest BCUT2D eigenvalue weighted by Crippen LogP contribution is -2.47. The summed E-state index contributed by atoms with van der Waals surface area (Å²) < 4.78 is 5.38. The Kier molecular flexibility index (Phi) is 4.35. The Bertz CT molecular complexity index is 756. The van der Waals surface area contributed by atoms with Crippen molar-refractivity contribution in [3.63, 3.8) is 0 Å². The van der Waals surface area contributed by atoms with Crippen molar-refractivity contribution in [2.45, 2.75) is 37.8 Å². The van der Waals surface area contributed by atoms with Gasteiger partial charge in [-0.15, -0.1) is 0 Å². The summed E-state index contributed by atoms with van der Waals surface area (Å²) in [5.41, 5.74) is 3.78. The number of nitrogens with one attached hydrogen (secondary N) is 1. The molecule has 1 saturated carbocycles. The van der Waals surface area contributed by atoms with Gasteiger partial charge in [0.05, 0.1) is 13.2 Å². The van der Waals surface area contributed by atoms with Crippen molar-refractivity contribution < 1.29 is 9.53 Å². The maximum Gasteiger partial charge on any atom is 0.318 e. The van der Waals surface area contributed by atoms with Crippen molar-refractivity contribution in [1.82, 2.24) is 10.2 Å². The fraction of sp³-hybridized carbons (Fsp3) is 0.381. The molecule has 1 aliphatic heterocycles. The second-order valence-corrected chi connectivity index (χ2v) is 6.94. The molecular formula is C21H24N2O2. The molecule has 4 nitrogen and oxygen atoms in total. The molecule has 0 spiro atoms. The van der Waals surface area contributed by atoms with Gasteiger partial charge in [-0.2, -0.15) is 0 Å². The molecule has 4 heteroatoms. The average molecular weight is 336 g/mol. The van der Waals surface area contributed by atoms with Crippen LogP contribution >= 0.6 is 0 Å². The van der Waals surface area contributed by atoms with Gasteiger partial charge < -0.3 is 15.0 Å². The molecule has 2 aliphatic rings. The second kappa shape index (κ2) is 6.79. The maximum absolute atomic E-state index is 12.8. The fourth-order valence-electron chi connectivity index (χ4n) is 3.60. The summed E-state index contributed by atoms with van der Waals surface area (Å²) in [6, 6.07) is 17.2. The second-order valence-electron chi connectivity index (χ2n) is 6.94. The monoisotopic (exact) mass is 336 g/mol. The zero-order chi connectivity index (χ0) is 17.2. The van der Waals surface area contributed by atoms with Crippen LogP contribution in [-0.4, -0.2) is 30.6 Å². The standard InChI is InChI=1S/C21H24N2O2/c1-25-18-9-10-19-16(14-18)11-12-23(21(24)22-17-7-8-17)20(19)13-15-5-3-2-4-6-15/h2-6,9-10,14,17,20H,7-8,11-13H2,1H3,(H,22,24). The number of hydrogen-bond donors (Lipinski definition) is 1. The molecule has 2 aromatic rings. The number of nitrogens with zero attached hydrogens (tertiary/aromatic N) is 1. The van der Waals surface area contributed by atoms with E-state index in [4.69, 9.17) is 4.74 Å². The molecule has 0 aromatic heterocycles. The number of hydrogen-bond acceptors (Lipinski definition) is 2. The molecule has 1 N–H and O–H groups in total. The number of carbonyl (C=O) groups excluding carboxylic acids is 1. The van der Waals surface area contributed by atoms with E-state index in [2.05, 4.69) is 41.7 Å². The van der Waals surface area contributed by atoms with Crippen LogP contribution in [0.4, 0.5) is 4.79 Å². The van der Waals surface area contributed by atoms with E-state index in [0.29, 0.717) is 6.04 Å². The number of carbonyl (C=O) groups is 1. The topological polar surface area (TPSA) is 41.6 Å². The van der Waals surface area contributed by atoms with Crippen molar-refractivity contribution in [2.24, 2.45) is 0 Å². The summed E-state index contributed by atoms with van der Waals surface area (Å²) in [6.45, 7) is 0.746. The van der Waals surface area contributed by atoms with Gasteiger partial charge in [0.1, 0.15) is 5.75 Å². The van der Waals surface area contributed by atoms with Crippen molar-refractivity contribution >= 4 is 6.03 Å². The molecule has 1 atom stereocenters. The number of urea groups is 1. The lowest BCUT2D eigenvalue weighted by molar-refractivity contribution is 0.168. The Morgan fingerprint density at radius 2 is 2.00 bits per heavy atom. The highest BCUT2D eigenvalue weighted by molar-refractivity contribution is 5.76. The molecule has 2 amide bonds. The van der Waals surface area contributed by atoms with E-state index in [1.165, 1.54) is 16.7 Å². The molecule has 2 aromatic carbocycles. The maximum atomic E-state index is 12.8. The van der Waals surface area contributed by atoms with Gasteiger partial charge in [0.2, 0.25) is 0 Å². The number of fused-ring (bicyclic) bond motifs is 1. The molecule has 1 fully saturated rings. The number of rotatable bonds is 4. The van der Waals surface area contributed by atoms with Crippen LogP contribution < -0.4 is 10.1 Å². The molecule has 4 rings (SSSR count). The molecule has 130 valence electrons. The van der Waals surface area contributed by atoms with Crippen LogP contribution in [-0.2, 0) is 12.8 Å². The fourth-order valence-corrected chi connectivity index (χ4v) is 3.60. The Balaban J connectivity index is 1.65. The van der Waals surface area contributed by atoms with Crippen molar-refractivity contribution in [3.8, 4) is 5.75 Å². The first-order valence-corrected chi connectivity index (χ1v) is 9.02. The van der Waals surface area contributed by atoms with Crippen molar-refractivity contribution in [1.29, 1.82) is 0 Å². The first kappa shape index (κ1) is 16.0. The summed E-state index contributed by atoms with van der Waals surface area (Å²) in [5, 5.41) is 3.16. The molecule has 25 heavy (non-hydrogen) atoms. The van der Waals surface area contributed by atoms with E-state index in [1.807, 2.05) is 17.0 Å². The SMILES string of the molecule is COc1ccc2c(c1)CCN(C(=O)NC1CC1)C2Cc1ccccc1. The van der Waals surface area contributed by atoms with Gasteiger partial charge in [-0.1, -0.05) is 36.4 Å². The molecule has 1 aliphatic carbocycles. The molecule has 0 radical (unpaired) electrons. The van der Waals surface area contributed by atoms with Crippen LogP contribution in [0, 0.1) is 0 Å². The van der Waals surface area contributed by atoms with Crippen molar-refractivity contribution in [3.05, 3.63) is 65.2 Å². The van der Waals surface area contributed by atoms with Gasteiger partial charge in [-0.25, -0.2) is 4.79 Å². The third kappa shape index (κ3) is 3.48. The average Bonchev–Trinajstić information content (AvgIpc) is 3.46. The molecule has 1 heterocycles. The highest BCUT2D eigenvalue weighted by Crippen LogP contribution is 2.35. The zero-order valence-electron chi connectivity index (χ0n) is 14.6. The highest BCUT2D eigenvalue weighted by atomic mass is 16.5. The van der Waals surface area contributed by atoms with Crippen LogP contribution in [0.2, 0.25) is 0 Å². The largest absolute Gasteiger partial charge is 0.497 e. The lowest BCUT2D eigenvalue weighted by atomic mass is 9.88. The van der Waals surface area contributed by atoms with E-state index < -0.39 is 0 Å². The third-order valence-corrected chi connectivity index (χ3v) is 5.15. The van der Waals surface area contributed by atoms with E-state index in [9.17, 15) is 4.79 Å². The summed E-state index contributed by atoms with van der Waals surface area (Å²) in [7, 11) is 1.70. The van der Waals surface area contributed by atoms with Gasteiger partial charge in [-0.05, 0) is 54.5 Å². The number of methoxy groups -OCH3 is 1. The summed E-state index contributed by atoms with van der Waals surface area (Å²) >= 11 is 0. The van der Waals surface area contributed by atoms with Gasteiger partial charge in [0.15, 0.2) is 0 Å².